The van der Waals surface area contributed by atoms with Gasteiger partial charge in [-0.25, -0.2) is 4.39 Å². The summed E-state index contributed by atoms with van der Waals surface area (Å²) in [5.74, 6) is -0.266. The molecule has 0 fully saturated rings. The van der Waals surface area contributed by atoms with Crippen LogP contribution < -0.4 is 5.73 Å². The van der Waals surface area contributed by atoms with Crippen molar-refractivity contribution < 1.29 is 4.39 Å². The third-order valence-corrected chi connectivity index (χ3v) is 3.14. The Bertz CT molecular complexity index is 321. The third kappa shape index (κ3) is 2.07. The minimum absolute atomic E-state index is 0.237. The molecule has 0 aliphatic rings. The summed E-state index contributed by atoms with van der Waals surface area (Å²) in [4.78, 5) is 0. The maximum Gasteiger partial charge on any atom is 0.123 e. The van der Waals surface area contributed by atoms with E-state index in [1.807, 2.05) is 13.8 Å². The zero-order chi connectivity index (χ0) is 10.8. The van der Waals surface area contributed by atoms with Crippen molar-refractivity contribution in [2.75, 3.05) is 6.54 Å². The van der Waals surface area contributed by atoms with Crippen molar-refractivity contribution in [1.29, 1.82) is 0 Å². The van der Waals surface area contributed by atoms with Crippen LogP contribution in [-0.2, 0) is 5.41 Å². The van der Waals surface area contributed by atoms with Crippen molar-refractivity contribution in [2.24, 2.45) is 5.73 Å². The number of rotatable bonds is 3. The van der Waals surface area contributed by atoms with E-state index in [0.29, 0.717) is 11.6 Å². The predicted molar refractivity (Wildman–Crippen MR) is 58.1 cm³/mol. The monoisotopic (exact) mass is 215 g/mol. The van der Waals surface area contributed by atoms with Gasteiger partial charge in [-0.15, -0.1) is 0 Å². The second kappa shape index (κ2) is 4.28. The molecule has 0 aromatic heterocycles. The van der Waals surface area contributed by atoms with Gasteiger partial charge in [-0.05, 0) is 30.2 Å². The van der Waals surface area contributed by atoms with Crippen LogP contribution in [0.4, 0.5) is 4.39 Å². The predicted octanol–water partition coefficient (Wildman–Crippen LogP) is 3.11. The Balaban J connectivity index is 3.22. The summed E-state index contributed by atoms with van der Waals surface area (Å²) >= 11 is 6.02. The largest absolute Gasteiger partial charge is 0.330 e. The van der Waals surface area contributed by atoms with Crippen LogP contribution in [0.3, 0.4) is 0 Å². The Labute approximate surface area is 89.1 Å². The van der Waals surface area contributed by atoms with E-state index >= 15 is 0 Å². The van der Waals surface area contributed by atoms with E-state index in [4.69, 9.17) is 17.3 Å². The lowest BCUT2D eigenvalue weighted by Crippen LogP contribution is -2.31. The fourth-order valence-electron chi connectivity index (χ4n) is 1.40. The van der Waals surface area contributed by atoms with Crippen molar-refractivity contribution in [3.63, 3.8) is 0 Å². The van der Waals surface area contributed by atoms with Gasteiger partial charge in [-0.3, -0.25) is 0 Å². The van der Waals surface area contributed by atoms with Gasteiger partial charge in [0.25, 0.3) is 0 Å². The zero-order valence-corrected chi connectivity index (χ0v) is 9.24. The van der Waals surface area contributed by atoms with Gasteiger partial charge in [-0.2, -0.15) is 0 Å². The van der Waals surface area contributed by atoms with E-state index in [2.05, 4.69) is 0 Å². The van der Waals surface area contributed by atoms with Gasteiger partial charge in [0.2, 0.25) is 0 Å². The number of benzene rings is 1. The van der Waals surface area contributed by atoms with Gasteiger partial charge < -0.3 is 5.73 Å². The second-order valence-corrected chi connectivity index (χ2v) is 4.15. The van der Waals surface area contributed by atoms with Crippen LogP contribution in [0.25, 0.3) is 0 Å². The molecule has 0 radical (unpaired) electrons. The molecular weight excluding hydrogens is 201 g/mol. The fraction of sp³-hybridized carbons (Fsp3) is 0.455. The van der Waals surface area contributed by atoms with Gasteiger partial charge >= 0.3 is 0 Å². The number of nitrogens with two attached hydrogens (primary N) is 1. The van der Waals surface area contributed by atoms with Crippen molar-refractivity contribution in [3.8, 4) is 0 Å². The van der Waals surface area contributed by atoms with E-state index in [0.717, 1.165) is 12.0 Å². The second-order valence-electron chi connectivity index (χ2n) is 3.74. The molecule has 1 unspecified atom stereocenters. The lowest BCUT2D eigenvalue weighted by Gasteiger charge is -2.28. The fourth-order valence-corrected chi connectivity index (χ4v) is 1.75. The normalized spacial score (nSPS) is 15.2. The first-order valence-electron chi connectivity index (χ1n) is 4.69. The molecule has 0 heterocycles. The smallest absolute Gasteiger partial charge is 0.123 e. The van der Waals surface area contributed by atoms with Crippen molar-refractivity contribution in [3.05, 3.63) is 34.6 Å². The molecule has 3 heteroatoms. The quantitative estimate of drug-likeness (QED) is 0.824. The van der Waals surface area contributed by atoms with Gasteiger partial charge in [0, 0.05) is 17.0 Å². The summed E-state index contributed by atoms with van der Waals surface area (Å²) in [6.07, 6.45) is 0.840. The first-order chi connectivity index (χ1) is 6.53. The molecule has 1 aromatic rings. The highest BCUT2D eigenvalue weighted by atomic mass is 35.5. The van der Waals surface area contributed by atoms with Gasteiger partial charge in [-0.1, -0.05) is 25.4 Å². The lowest BCUT2D eigenvalue weighted by atomic mass is 9.80. The Morgan fingerprint density at radius 3 is 2.64 bits per heavy atom. The van der Waals surface area contributed by atoms with E-state index in [1.165, 1.54) is 12.1 Å². The topological polar surface area (TPSA) is 26.0 Å². The molecule has 0 aliphatic heterocycles. The molecule has 14 heavy (non-hydrogen) atoms. The van der Waals surface area contributed by atoms with Crippen LogP contribution in [0, 0.1) is 5.82 Å². The Morgan fingerprint density at radius 1 is 1.50 bits per heavy atom. The molecule has 0 saturated carbocycles. The van der Waals surface area contributed by atoms with Crippen LogP contribution in [0.15, 0.2) is 18.2 Å². The molecule has 1 aromatic carbocycles. The standard InChI is InChI=1S/C11H15ClFN/c1-3-11(2,7-14)9-6-8(13)4-5-10(9)12/h4-6H,3,7,14H2,1-2H3. The molecule has 1 rings (SSSR count). The first kappa shape index (κ1) is 11.5. The van der Waals surface area contributed by atoms with Crippen LogP contribution >= 0.6 is 11.6 Å². The van der Waals surface area contributed by atoms with E-state index < -0.39 is 0 Å². The molecular formula is C11H15ClFN. The molecule has 1 nitrogen and oxygen atoms in total. The van der Waals surface area contributed by atoms with Gasteiger partial charge in [0.1, 0.15) is 5.82 Å². The highest BCUT2D eigenvalue weighted by Crippen LogP contribution is 2.32. The molecule has 0 spiro atoms. The summed E-state index contributed by atoms with van der Waals surface area (Å²) in [6.45, 7) is 4.48. The summed E-state index contributed by atoms with van der Waals surface area (Å²) in [5, 5.41) is 0.584. The Morgan fingerprint density at radius 2 is 2.14 bits per heavy atom. The van der Waals surface area contributed by atoms with Crippen LogP contribution in [0.5, 0.6) is 0 Å². The minimum Gasteiger partial charge on any atom is -0.330 e. The van der Waals surface area contributed by atoms with Gasteiger partial charge in [0.15, 0.2) is 0 Å². The molecule has 0 saturated heterocycles. The van der Waals surface area contributed by atoms with E-state index in [-0.39, 0.29) is 11.2 Å². The lowest BCUT2D eigenvalue weighted by molar-refractivity contribution is 0.463. The maximum absolute atomic E-state index is 13.1. The average Bonchev–Trinajstić information content (AvgIpc) is 2.20. The van der Waals surface area contributed by atoms with Crippen LogP contribution in [-0.4, -0.2) is 6.54 Å². The van der Waals surface area contributed by atoms with Crippen molar-refractivity contribution in [2.45, 2.75) is 25.7 Å². The first-order valence-corrected chi connectivity index (χ1v) is 5.07. The molecule has 1 atom stereocenters. The Hall–Kier alpha value is -0.600. The average molecular weight is 216 g/mol. The van der Waals surface area contributed by atoms with Gasteiger partial charge in [0.05, 0.1) is 0 Å². The minimum atomic E-state index is -0.266. The molecule has 0 amide bonds. The molecule has 78 valence electrons. The molecule has 0 aliphatic carbocycles. The molecule has 0 bridgehead atoms. The highest BCUT2D eigenvalue weighted by molar-refractivity contribution is 6.31. The molecule has 2 N–H and O–H groups in total. The highest BCUT2D eigenvalue weighted by Gasteiger charge is 2.25. The van der Waals surface area contributed by atoms with E-state index in [9.17, 15) is 4.39 Å². The summed E-state index contributed by atoms with van der Waals surface area (Å²) in [5.41, 5.74) is 6.25. The number of hydrogen-bond acceptors (Lipinski definition) is 1. The van der Waals surface area contributed by atoms with Crippen molar-refractivity contribution >= 4 is 11.6 Å². The summed E-state index contributed by atoms with van der Waals surface area (Å²) in [6, 6.07) is 4.41. The third-order valence-electron chi connectivity index (χ3n) is 2.81. The summed E-state index contributed by atoms with van der Waals surface area (Å²) < 4.78 is 13.1. The van der Waals surface area contributed by atoms with Crippen molar-refractivity contribution in [1.82, 2.24) is 0 Å². The van der Waals surface area contributed by atoms with Crippen LogP contribution in [0.1, 0.15) is 25.8 Å². The number of hydrogen-bond donors (Lipinski definition) is 1. The maximum atomic E-state index is 13.1. The Kier molecular flexibility index (Phi) is 3.51. The van der Waals surface area contributed by atoms with E-state index in [1.54, 1.807) is 6.07 Å². The zero-order valence-electron chi connectivity index (χ0n) is 8.48. The summed E-state index contributed by atoms with van der Waals surface area (Å²) in [7, 11) is 0. The SMILES string of the molecule is CCC(C)(CN)c1cc(F)ccc1Cl. The van der Waals surface area contributed by atoms with Crippen LogP contribution in [0.2, 0.25) is 5.02 Å². The number of halogens is 2.